The normalized spacial score (nSPS) is 20.6. The third kappa shape index (κ3) is 1.73. The Morgan fingerprint density at radius 1 is 1.29 bits per heavy atom. The summed E-state index contributed by atoms with van der Waals surface area (Å²) in [5, 5.41) is 0. The minimum Gasteiger partial charge on any atom is -0.297 e. The van der Waals surface area contributed by atoms with Crippen LogP contribution < -0.4 is 0 Å². The van der Waals surface area contributed by atoms with Gasteiger partial charge in [0, 0.05) is 16.6 Å². The lowest BCUT2D eigenvalue weighted by Gasteiger charge is -2.41. The molecule has 0 aliphatic carbocycles. The fourth-order valence-electron chi connectivity index (χ4n) is 1.98. The van der Waals surface area contributed by atoms with Crippen LogP contribution in [0.4, 0.5) is 0 Å². The van der Waals surface area contributed by atoms with Crippen LogP contribution in [0, 0.1) is 0 Å². The molecule has 2 heteroatoms. The lowest BCUT2D eigenvalue weighted by molar-refractivity contribution is 0.133. The van der Waals surface area contributed by atoms with Crippen LogP contribution in [0.3, 0.4) is 0 Å². The van der Waals surface area contributed by atoms with E-state index in [2.05, 4.69) is 59.9 Å². The second-order valence-electron chi connectivity index (χ2n) is 4.76. The predicted octanol–water partition coefficient (Wildman–Crippen LogP) is 3.22. The van der Waals surface area contributed by atoms with Gasteiger partial charge < -0.3 is 0 Å². The van der Waals surface area contributed by atoms with Crippen LogP contribution in [-0.4, -0.2) is 17.5 Å². The highest BCUT2D eigenvalue weighted by Gasteiger charge is 2.29. The molecule has 0 aromatic heterocycles. The summed E-state index contributed by atoms with van der Waals surface area (Å²) in [6.45, 7) is 5.67. The third-order valence-corrected chi connectivity index (χ3v) is 3.73. The number of fused-ring (bicyclic) bond motifs is 1. The number of hydrogen-bond donors (Lipinski definition) is 0. The van der Waals surface area contributed by atoms with Crippen molar-refractivity contribution >= 4 is 15.9 Å². The van der Waals surface area contributed by atoms with Crippen molar-refractivity contribution in [2.75, 3.05) is 7.05 Å². The van der Waals surface area contributed by atoms with Gasteiger partial charge >= 0.3 is 0 Å². The molecule has 0 spiro atoms. The molecule has 0 saturated carbocycles. The van der Waals surface area contributed by atoms with Crippen LogP contribution in [0.25, 0.3) is 0 Å². The van der Waals surface area contributed by atoms with Crippen molar-refractivity contribution in [2.45, 2.75) is 32.4 Å². The Labute approximate surface area is 94.2 Å². The van der Waals surface area contributed by atoms with E-state index in [1.807, 2.05) is 0 Å². The molecule has 2 rings (SSSR count). The average molecular weight is 254 g/mol. The summed E-state index contributed by atoms with van der Waals surface area (Å²) in [4.78, 5) is 2.42. The van der Waals surface area contributed by atoms with E-state index in [1.54, 1.807) is 0 Å². The highest BCUT2D eigenvalue weighted by atomic mass is 79.9. The van der Waals surface area contributed by atoms with Gasteiger partial charge in [0.25, 0.3) is 0 Å². The Morgan fingerprint density at radius 2 is 2.00 bits per heavy atom. The fraction of sp³-hybridized carbons (Fsp3) is 0.500. The number of hydrogen-bond acceptors (Lipinski definition) is 1. The average Bonchev–Trinajstić information content (AvgIpc) is 2.07. The molecule has 0 atom stereocenters. The summed E-state index contributed by atoms with van der Waals surface area (Å²) in [6.07, 6.45) is 1.14. The first kappa shape index (κ1) is 10.2. The van der Waals surface area contributed by atoms with Crippen LogP contribution in [0.5, 0.6) is 0 Å². The van der Waals surface area contributed by atoms with Crippen molar-refractivity contribution in [1.29, 1.82) is 0 Å². The lowest BCUT2D eigenvalue weighted by Crippen LogP contribution is -2.45. The standard InChI is InChI=1S/C12H16BrN/c1-12(2)7-10-6-11(13)5-4-9(10)8-14(12)3/h4-6H,7-8H2,1-3H3. The molecule has 0 amide bonds. The molecular formula is C12H16BrN. The summed E-state index contributed by atoms with van der Waals surface area (Å²) in [6, 6.07) is 6.61. The van der Waals surface area contributed by atoms with Gasteiger partial charge in [-0.3, -0.25) is 4.90 Å². The maximum atomic E-state index is 3.53. The van der Waals surface area contributed by atoms with Crippen molar-refractivity contribution in [3.8, 4) is 0 Å². The largest absolute Gasteiger partial charge is 0.297 e. The van der Waals surface area contributed by atoms with Crippen molar-refractivity contribution < 1.29 is 0 Å². The van der Waals surface area contributed by atoms with Crippen molar-refractivity contribution in [3.05, 3.63) is 33.8 Å². The summed E-state index contributed by atoms with van der Waals surface area (Å²) in [5.41, 5.74) is 3.24. The van der Waals surface area contributed by atoms with E-state index in [1.165, 1.54) is 15.6 Å². The molecular weight excluding hydrogens is 238 g/mol. The first-order valence-electron chi connectivity index (χ1n) is 4.97. The Kier molecular flexibility index (Phi) is 2.44. The van der Waals surface area contributed by atoms with E-state index >= 15 is 0 Å². The van der Waals surface area contributed by atoms with Gasteiger partial charge in [-0.25, -0.2) is 0 Å². The molecule has 0 radical (unpaired) electrons. The Hall–Kier alpha value is -0.340. The summed E-state index contributed by atoms with van der Waals surface area (Å²) in [5.74, 6) is 0. The van der Waals surface area contributed by atoms with Gasteiger partial charge in [0.05, 0.1) is 0 Å². The van der Waals surface area contributed by atoms with Crippen molar-refractivity contribution in [3.63, 3.8) is 0 Å². The monoisotopic (exact) mass is 253 g/mol. The zero-order valence-corrected chi connectivity index (χ0v) is 10.6. The third-order valence-electron chi connectivity index (χ3n) is 3.23. The number of rotatable bonds is 0. The van der Waals surface area contributed by atoms with Crippen molar-refractivity contribution in [1.82, 2.24) is 4.90 Å². The van der Waals surface area contributed by atoms with Gasteiger partial charge in [0.2, 0.25) is 0 Å². The zero-order valence-electron chi connectivity index (χ0n) is 8.97. The molecule has 76 valence electrons. The van der Waals surface area contributed by atoms with E-state index in [4.69, 9.17) is 0 Å². The molecule has 0 bridgehead atoms. The van der Waals surface area contributed by atoms with Crippen LogP contribution >= 0.6 is 15.9 Å². The highest BCUT2D eigenvalue weighted by Crippen LogP contribution is 2.30. The zero-order chi connectivity index (χ0) is 10.3. The van der Waals surface area contributed by atoms with Gasteiger partial charge in [-0.15, -0.1) is 0 Å². The van der Waals surface area contributed by atoms with Crippen LogP contribution in [-0.2, 0) is 13.0 Å². The molecule has 14 heavy (non-hydrogen) atoms. The Balaban J connectivity index is 2.41. The first-order valence-corrected chi connectivity index (χ1v) is 5.77. The molecule has 0 saturated heterocycles. The van der Waals surface area contributed by atoms with E-state index in [-0.39, 0.29) is 5.54 Å². The second kappa shape index (κ2) is 3.35. The van der Waals surface area contributed by atoms with Crippen LogP contribution in [0.2, 0.25) is 0 Å². The van der Waals surface area contributed by atoms with E-state index in [0.29, 0.717) is 0 Å². The first-order chi connectivity index (χ1) is 6.49. The SMILES string of the molecule is CN1Cc2ccc(Br)cc2CC1(C)C. The predicted molar refractivity (Wildman–Crippen MR) is 63.4 cm³/mol. The quantitative estimate of drug-likeness (QED) is 0.687. The van der Waals surface area contributed by atoms with Crippen LogP contribution in [0.15, 0.2) is 22.7 Å². The summed E-state index contributed by atoms with van der Waals surface area (Å²) >= 11 is 3.53. The van der Waals surface area contributed by atoms with Crippen molar-refractivity contribution in [2.24, 2.45) is 0 Å². The van der Waals surface area contributed by atoms with E-state index in [9.17, 15) is 0 Å². The molecule has 1 aromatic rings. The summed E-state index contributed by atoms with van der Waals surface area (Å²) in [7, 11) is 2.20. The van der Waals surface area contributed by atoms with Gasteiger partial charge in [-0.05, 0) is 50.6 Å². The maximum absolute atomic E-state index is 3.53. The number of halogens is 1. The number of nitrogens with zero attached hydrogens (tertiary/aromatic N) is 1. The smallest absolute Gasteiger partial charge is 0.0238 e. The highest BCUT2D eigenvalue weighted by molar-refractivity contribution is 9.10. The second-order valence-corrected chi connectivity index (χ2v) is 5.67. The Bertz CT molecular complexity index is 357. The topological polar surface area (TPSA) is 3.24 Å². The minimum absolute atomic E-state index is 0.286. The molecule has 1 aliphatic rings. The maximum Gasteiger partial charge on any atom is 0.0238 e. The number of benzene rings is 1. The molecule has 0 unspecified atom stereocenters. The van der Waals surface area contributed by atoms with Gasteiger partial charge in [0.15, 0.2) is 0 Å². The van der Waals surface area contributed by atoms with Crippen LogP contribution in [0.1, 0.15) is 25.0 Å². The van der Waals surface area contributed by atoms with Gasteiger partial charge in [0.1, 0.15) is 0 Å². The molecule has 1 aliphatic heterocycles. The summed E-state index contributed by atoms with van der Waals surface area (Å²) < 4.78 is 1.19. The van der Waals surface area contributed by atoms with E-state index in [0.717, 1.165) is 13.0 Å². The molecule has 0 N–H and O–H groups in total. The molecule has 0 fully saturated rings. The molecule has 1 aromatic carbocycles. The Morgan fingerprint density at radius 3 is 2.71 bits per heavy atom. The lowest BCUT2D eigenvalue weighted by atomic mass is 9.86. The molecule has 1 nitrogen and oxygen atoms in total. The molecule has 1 heterocycles. The fourth-order valence-corrected chi connectivity index (χ4v) is 2.39. The van der Waals surface area contributed by atoms with Gasteiger partial charge in [-0.2, -0.15) is 0 Å². The number of likely N-dealkylation sites (N-methyl/N-ethyl adjacent to an activating group) is 1. The van der Waals surface area contributed by atoms with Gasteiger partial charge in [-0.1, -0.05) is 22.0 Å². The van der Waals surface area contributed by atoms with E-state index < -0.39 is 0 Å². The minimum atomic E-state index is 0.286.